The van der Waals surface area contributed by atoms with Gasteiger partial charge < -0.3 is 10.2 Å². The number of aryl methyl sites for hydroxylation is 1. The second-order valence-electron chi connectivity index (χ2n) is 6.99. The molecule has 0 heterocycles. The van der Waals surface area contributed by atoms with Gasteiger partial charge in [0.25, 0.3) is 0 Å². The third-order valence-electron chi connectivity index (χ3n) is 4.71. The number of hydrogen-bond donors (Lipinski definition) is 1. The fourth-order valence-corrected chi connectivity index (χ4v) is 3.27. The van der Waals surface area contributed by atoms with Crippen molar-refractivity contribution in [2.75, 3.05) is 6.54 Å². The van der Waals surface area contributed by atoms with Gasteiger partial charge in [-0.2, -0.15) is 0 Å². The van der Waals surface area contributed by atoms with Crippen LogP contribution in [0.4, 0.5) is 0 Å². The van der Waals surface area contributed by atoms with Crippen molar-refractivity contribution in [1.29, 1.82) is 0 Å². The molecule has 1 atom stereocenters. The molecule has 28 heavy (non-hydrogen) atoms. The van der Waals surface area contributed by atoms with Crippen LogP contribution in [-0.2, 0) is 22.6 Å². The zero-order valence-electron chi connectivity index (χ0n) is 16.9. The molecule has 0 bridgehead atoms. The zero-order valence-corrected chi connectivity index (χ0v) is 17.6. The summed E-state index contributed by atoms with van der Waals surface area (Å²) in [5.41, 5.74) is 2.92. The highest BCUT2D eigenvalue weighted by Crippen LogP contribution is 2.20. The largest absolute Gasteiger partial charge is 0.354 e. The molecule has 1 N–H and O–H groups in total. The third kappa shape index (κ3) is 6.10. The van der Waals surface area contributed by atoms with Crippen molar-refractivity contribution < 1.29 is 9.59 Å². The molecule has 0 unspecified atom stereocenters. The van der Waals surface area contributed by atoms with Gasteiger partial charge in [0, 0.05) is 18.1 Å². The van der Waals surface area contributed by atoms with Gasteiger partial charge in [0.1, 0.15) is 6.04 Å². The van der Waals surface area contributed by atoms with E-state index in [1.165, 1.54) is 0 Å². The summed E-state index contributed by atoms with van der Waals surface area (Å²) < 4.78 is 0. The fraction of sp³-hybridized carbons (Fsp3) is 0.391. The van der Waals surface area contributed by atoms with E-state index in [2.05, 4.69) is 5.32 Å². The number of benzene rings is 2. The number of carbonyl (C=O) groups excluding carboxylic acids is 2. The Morgan fingerprint density at radius 3 is 2.36 bits per heavy atom. The second-order valence-corrected chi connectivity index (χ2v) is 7.40. The van der Waals surface area contributed by atoms with E-state index in [-0.39, 0.29) is 18.2 Å². The maximum atomic E-state index is 13.2. The van der Waals surface area contributed by atoms with Crippen LogP contribution in [-0.4, -0.2) is 29.3 Å². The van der Waals surface area contributed by atoms with E-state index < -0.39 is 6.04 Å². The summed E-state index contributed by atoms with van der Waals surface area (Å²) in [6, 6.07) is 14.8. The highest BCUT2D eigenvalue weighted by Gasteiger charge is 2.28. The van der Waals surface area contributed by atoms with Crippen molar-refractivity contribution in [1.82, 2.24) is 10.2 Å². The molecular weight excluding hydrogens is 372 g/mol. The van der Waals surface area contributed by atoms with Gasteiger partial charge >= 0.3 is 0 Å². The Morgan fingerprint density at radius 2 is 1.75 bits per heavy atom. The molecule has 0 saturated heterocycles. The molecule has 2 aromatic carbocycles. The molecule has 0 aliphatic rings. The summed E-state index contributed by atoms with van der Waals surface area (Å²) in [4.78, 5) is 27.6. The fourth-order valence-electron chi connectivity index (χ4n) is 3.08. The molecule has 0 fully saturated rings. The summed E-state index contributed by atoms with van der Waals surface area (Å²) in [6.07, 6.45) is 1.64. The maximum Gasteiger partial charge on any atom is 0.242 e. The van der Waals surface area contributed by atoms with Crippen LogP contribution in [0.1, 0.15) is 43.4 Å². The van der Waals surface area contributed by atoms with Crippen molar-refractivity contribution in [3.63, 3.8) is 0 Å². The molecule has 4 nitrogen and oxygen atoms in total. The number of halogens is 1. The van der Waals surface area contributed by atoms with Crippen molar-refractivity contribution in [2.24, 2.45) is 0 Å². The van der Waals surface area contributed by atoms with Crippen LogP contribution in [0.15, 0.2) is 48.5 Å². The van der Waals surface area contributed by atoms with Crippen LogP contribution in [0.25, 0.3) is 0 Å². The molecule has 150 valence electrons. The minimum atomic E-state index is -0.527. The Balaban J connectivity index is 2.27. The lowest BCUT2D eigenvalue weighted by Crippen LogP contribution is -2.49. The van der Waals surface area contributed by atoms with Gasteiger partial charge in [-0.05, 0) is 37.0 Å². The van der Waals surface area contributed by atoms with Gasteiger partial charge in [-0.25, -0.2) is 0 Å². The summed E-state index contributed by atoms with van der Waals surface area (Å²) in [5, 5.41) is 3.52. The predicted molar refractivity (Wildman–Crippen MR) is 114 cm³/mol. The minimum Gasteiger partial charge on any atom is -0.354 e. The first-order valence-electron chi connectivity index (χ1n) is 9.82. The third-order valence-corrected chi connectivity index (χ3v) is 5.08. The molecule has 2 rings (SSSR count). The number of nitrogens with zero attached hydrogens (tertiary/aromatic N) is 1. The molecule has 0 aliphatic heterocycles. The number of amides is 2. The van der Waals surface area contributed by atoms with Gasteiger partial charge in [-0.3, -0.25) is 9.59 Å². The molecule has 2 aromatic rings. The van der Waals surface area contributed by atoms with E-state index in [0.29, 0.717) is 24.5 Å². The van der Waals surface area contributed by atoms with Crippen molar-refractivity contribution in [3.8, 4) is 0 Å². The average molecular weight is 401 g/mol. The Labute approximate surface area is 172 Å². The normalized spacial score (nSPS) is 11.7. The molecule has 0 radical (unpaired) electrons. The first-order chi connectivity index (χ1) is 13.5. The molecule has 5 heteroatoms. The van der Waals surface area contributed by atoms with Gasteiger partial charge in [0.2, 0.25) is 11.8 Å². The molecule has 2 amide bonds. The molecule has 0 aromatic heterocycles. The Kier molecular flexibility index (Phi) is 8.52. The first-order valence-corrected chi connectivity index (χ1v) is 10.2. The van der Waals surface area contributed by atoms with E-state index in [4.69, 9.17) is 11.6 Å². The predicted octanol–water partition coefficient (Wildman–Crippen LogP) is 4.52. The van der Waals surface area contributed by atoms with Crippen molar-refractivity contribution >= 4 is 23.4 Å². The van der Waals surface area contributed by atoms with Crippen LogP contribution in [0.3, 0.4) is 0 Å². The topological polar surface area (TPSA) is 49.4 Å². The maximum absolute atomic E-state index is 13.2. The quantitative estimate of drug-likeness (QED) is 0.672. The first kappa shape index (κ1) is 22.0. The monoisotopic (exact) mass is 400 g/mol. The van der Waals surface area contributed by atoms with Crippen molar-refractivity contribution in [3.05, 3.63) is 70.2 Å². The van der Waals surface area contributed by atoms with Crippen molar-refractivity contribution in [2.45, 2.75) is 52.6 Å². The summed E-state index contributed by atoms with van der Waals surface area (Å²) >= 11 is 6.32. The zero-order chi connectivity index (χ0) is 20.5. The molecule has 0 aliphatic carbocycles. The Bertz CT molecular complexity index is 789. The Hall–Kier alpha value is -2.33. The lowest BCUT2D eigenvalue weighted by Gasteiger charge is -2.31. The number of hydrogen-bond acceptors (Lipinski definition) is 2. The summed E-state index contributed by atoms with van der Waals surface area (Å²) in [5.74, 6) is -0.198. The number of nitrogens with one attached hydrogen (secondary N) is 1. The smallest absolute Gasteiger partial charge is 0.242 e. The number of carbonyl (C=O) groups is 2. The molecule has 0 spiro atoms. The second kappa shape index (κ2) is 10.9. The molecule has 0 saturated carbocycles. The van der Waals surface area contributed by atoms with Gasteiger partial charge in [-0.15, -0.1) is 0 Å². The van der Waals surface area contributed by atoms with E-state index in [1.54, 1.807) is 11.0 Å². The Morgan fingerprint density at radius 1 is 1.07 bits per heavy atom. The highest BCUT2D eigenvalue weighted by molar-refractivity contribution is 6.31. The highest BCUT2D eigenvalue weighted by atomic mass is 35.5. The van der Waals surface area contributed by atoms with Gasteiger partial charge in [0.15, 0.2) is 0 Å². The lowest BCUT2D eigenvalue weighted by atomic mass is 10.1. The van der Waals surface area contributed by atoms with Crippen LogP contribution in [0, 0.1) is 6.92 Å². The SMILES string of the molecule is CCCNC(=O)[C@H](CC)N(Cc1ccccc1Cl)C(=O)Cc1ccc(C)cc1. The minimum absolute atomic E-state index is 0.0812. The van der Waals surface area contributed by atoms with Crippen LogP contribution in [0.5, 0.6) is 0 Å². The van der Waals surface area contributed by atoms with E-state index in [0.717, 1.165) is 23.1 Å². The molecular formula is C23H29ClN2O2. The van der Waals surface area contributed by atoms with Crippen LogP contribution < -0.4 is 5.32 Å². The van der Waals surface area contributed by atoms with Crippen LogP contribution >= 0.6 is 11.6 Å². The summed E-state index contributed by atoms with van der Waals surface area (Å²) in [7, 11) is 0. The standard InChI is InChI=1S/C23H29ClN2O2/c1-4-14-25-23(28)21(5-2)26(16-19-8-6-7-9-20(19)24)22(27)15-18-12-10-17(3)11-13-18/h6-13,21H,4-5,14-16H2,1-3H3,(H,25,28)/t21-/m0/s1. The average Bonchev–Trinajstić information content (AvgIpc) is 2.69. The lowest BCUT2D eigenvalue weighted by molar-refractivity contribution is -0.140. The van der Waals surface area contributed by atoms with E-state index in [1.807, 2.05) is 63.2 Å². The van der Waals surface area contributed by atoms with E-state index in [9.17, 15) is 9.59 Å². The van der Waals surface area contributed by atoms with Crippen LogP contribution in [0.2, 0.25) is 5.02 Å². The van der Waals surface area contributed by atoms with E-state index >= 15 is 0 Å². The number of rotatable bonds is 9. The van der Waals surface area contributed by atoms with Gasteiger partial charge in [0.05, 0.1) is 6.42 Å². The van der Waals surface area contributed by atoms with Gasteiger partial charge in [-0.1, -0.05) is 73.5 Å². The summed E-state index contributed by atoms with van der Waals surface area (Å²) in [6.45, 7) is 6.85.